The molecule has 0 radical (unpaired) electrons. The van der Waals surface area contributed by atoms with E-state index >= 15 is 0 Å². The van der Waals surface area contributed by atoms with Gasteiger partial charge in [0.15, 0.2) is 0 Å². The van der Waals surface area contributed by atoms with E-state index in [2.05, 4.69) is 18.3 Å². The molecule has 104 valence electrons. The molecule has 0 bridgehead atoms. The Bertz CT molecular complexity index is 459. The highest BCUT2D eigenvalue weighted by atomic mass is 16.5. The zero-order valence-corrected chi connectivity index (χ0v) is 11.9. The van der Waals surface area contributed by atoms with Gasteiger partial charge < -0.3 is 15.0 Å². The van der Waals surface area contributed by atoms with E-state index in [9.17, 15) is 4.79 Å². The third kappa shape index (κ3) is 3.07. The number of methoxy groups -OCH3 is 1. The molecule has 0 saturated carbocycles. The standard InChI is InChI=1S/C15H22N2O2/c1-4-13(10-19-3)16-14-5-6-15-12(9-14)7-8-17(15)11(2)18/h5-6,9,13,16H,4,7-8,10H2,1-3H3. The fraction of sp³-hybridized carbons (Fsp3) is 0.533. The fourth-order valence-electron chi connectivity index (χ4n) is 2.52. The minimum atomic E-state index is 0.116. The van der Waals surface area contributed by atoms with Crippen LogP contribution in [0, 0.1) is 0 Å². The monoisotopic (exact) mass is 262 g/mol. The van der Waals surface area contributed by atoms with Gasteiger partial charge in [-0.15, -0.1) is 0 Å². The van der Waals surface area contributed by atoms with Gasteiger partial charge in [-0.2, -0.15) is 0 Å². The van der Waals surface area contributed by atoms with Crippen LogP contribution in [0.5, 0.6) is 0 Å². The number of nitrogens with one attached hydrogen (secondary N) is 1. The van der Waals surface area contributed by atoms with Crippen molar-refractivity contribution in [2.45, 2.75) is 32.7 Å². The van der Waals surface area contributed by atoms with Crippen molar-refractivity contribution in [3.63, 3.8) is 0 Å². The number of carbonyl (C=O) groups excluding carboxylic acids is 1. The molecular formula is C15H22N2O2. The molecule has 1 amide bonds. The van der Waals surface area contributed by atoms with E-state index in [1.165, 1.54) is 5.56 Å². The number of rotatable bonds is 5. The van der Waals surface area contributed by atoms with Crippen LogP contribution < -0.4 is 10.2 Å². The topological polar surface area (TPSA) is 41.6 Å². The summed E-state index contributed by atoms with van der Waals surface area (Å²) in [7, 11) is 1.72. The number of hydrogen-bond acceptors (Lipinski definition) is 3. The van der Waals surface area contributed by atoms with E-state index in [0.717, 1.165) is 30.8 Å². The third-order valence-electron chi connectivity index (χ3n) is 3.59. The number of hydrogen-bond donors (Lipinski definition) is 1. The summed E-state index contributed by atoms with van der Waals surface area (Å²) in [4.78, 5) is 13.3. The van der Waals surface area contributed by atoms with Crippen LogP contribution in [0.3, 0.4) is 0 Å². The van der Waals surface area contributed by atoms with Crippen LogP contribution >= 0.6 is 0 Å². The number of anilines is 2. The largest absolute Gasteiger partial charge is 0.383 e. The second kappa shape index (κ2) is 6.06. The van der Waals surface area contributed by atoms with Gasteiger partial charge in [-0.25, -0.2) is 0 Å². The fourth-order valence-corrected chi connectivity index (χ4v) is 2.52. The molecule has 1 heterocycles. The normalized spacial score (nSPS) is 15.2. The molecule has 1 aromatic rings. The van der Waals surface area contributed by atoms with Crippen molar-refractivity contribution < 1.29 is 9.53 Å². The lowest BCUT2D eigenvalue weighted by atomic mass is 10.1. The smallest absolute Gasteiger partial charge is 0.223 e. The maximum Gasteiger partial charge on any atom is 0.223 e. The Hall–Kier alpha value is -1.55. The van der Waals surface area contributed by atoms with Gasteiger partial charge in [0.05, 0.1) is 6.61 Å². The summed E-state index contributed by atoms with van der Waals surface area (Å²) in [5.74, 6) is 0.116. The van der Waals surface area contributed by atoms with Crippen molar-refractivity contribution in [1.29, 1.82) is 0 Å². The number of carbonyl (C=O) groups is 1. The molecule has 1 unspecified atom stereocenters. The second-order valence-electron chi connectivity index (χ2n) is 4.97. The van der Waals surface area contributed by atoms with Gasteiger partial charge in [0.1, 0.15) is 0 Å². The molecule has 4 nitrogen and oxygen atoms in total. The molecule has 0 aliphatic carbocycles. The van der Waals surface area contributed by atoms with Gasteiger partial charge in [-0.1, -0.05) is 6.92 Å². The molecule has 19 heavy (non-hydrogen) atoms. The average molecular weight is 262 g/mol. The predicted molar refractivity (Wildman–Crippen MR) is 77.8 cm³/mol. The van der Waals surface area contributed by atoms with Gasteiger partial charge in [-0.3, -0.25) is 4.79 Å². The summed E-state index contributed by atoms with van der Waals surface area (Å²) in [6.07, 6.45) is 1.95. The molecule has 1 atom stereocenters. The van der Waals surface area contributed by atoms with Gasteiger partial charge in [0.25, 0.3) is 0 Å². The molecule has 4 heteroatoms. The highest BCUT2D eigenvalue weighted by molar-refractivity contribution is 5.94. The first-order chi connectivity index (χ1) is 9.15. The van der Waals surface area contributed by atoms with Crippen molar-refractivity contribution in [2.75, 3.05) is 30.5 Å². The third-order valence-corrected chi connectivity index (χ3v) is 3.59. The molecule has 1 aliphatic heterocycles. The summed E-state index contributed by atoms with van der Waals surface area (Å²) in [5.41, 5.74) is 3.40. The summed E-state index contributed by atoms with van der Waals surface area (Å²) in [6.45, 7) is 5.26. The summed E-state index contributed by atoms with van der Waals surface area (Å²) in [6, 6.07) is 6.55. The van der Waals surface area contributed by atoms with Crippen molar-refractivity contribution in [2.24, 2.45) is 0 Å². The van der Waals surface area contributed by atoms with Gasteiger partial charge in [0, 0.05) is 38.0 Å². The lowest BCUT2D eigenvalue weighted by molar-refractivity contribution is -0.116. The zero-order valence-electron chi connectivity index (χ0n) is 11.9. The molecule has 0 spiro atoms. The Morgan fingerprint density at radius 1 is 1.53 bits per heavy atom. The number of amides is 1. The Morgan fingerprint density at radius 3 is 2.95 bits per heavy atom. The SMILES string of the molecule is CCC(COC)Nc1ccc2c(c1)CCN2C(C)=O. The van der Waals surface area contributed by atoms with E-state index in [1.54, 1.807) is 14.0 Å². The first-order valence-corrected chi connectivity index (χ1v) is 6.82. The van der Waals surface area contributed by atoms with E-state index < -0.39 is 0 Å². The van der Waals surface area contributed by atoms with Crippen molar-refractivity contribution in [3.8, 4) is 0 Å². The number of benzene rings is 1. The van der Waals surface area contributed by atoms with Crippen LogP contribution in [0.2, 0.25) is 0 Å². The number of nitrogens with zero attached hydrogens (tertiary/aromatic N) is 1. The first kappa shape index (κ1) is 13.9. The quantitative estimate of drug-likeness (QED) is 0.886. The second-order valence-corrected chi connectivity index (χ2v) is 4.97. The molecule has 0 fully saturated rings. The number of fused-ring (bicyclic) bond motifs is 1. The van der Waals surface area contributed by atoms with Crippen molar-refractivity contribution in [3.05, 3.63) is 23.8 Å². The average Bonchev–Trinajstić information content (AvgIpc) is 2.81. The molecule has 2 rings (SSSR count). The van der Waals surface area contributed by atoms with Gasteiger partial charge in [-0.05, 0) is 36.6 Å². The van der Waals surface area contributed by atoms with Crippen molar-refractivity contribution >= 4 is 17.3 Å². The van der Waals surface area contributed by atoms with Crippen LogP contribution in [-0.4, -0.2) is 32.2 Å². The van der Waals surface area contributed by atoms with Gasteiger partial charge >= 0.3 is 0 Å². The van der Waals surface area contributed by atoms with Crippen LogP contribution in [0.25, 0.3) is 0 Å². The van der Waals surface area contributed by atoms with E-state index in [4.69, 9.17) is 4.74 Å². The minimum absolute atomic E-state index is 0.116. The summed E-state index contributed by atoms with van der Waals surface area (Å²) < 4.78 is 5.19. The molecule has 1 N–H and O–H groups in total. The lowest BCUT2D eigenvalue weighted by Gasteiger charge is -2.19. The number of ether oxygens (including phenoxy) is 1. The first-order valence-electron chi connectivity index (χ1n) is 6.82. The summed E-state index contributed by atoms with van der Waals surface area (Å²) >= 11 is 0. The van der Waals surface area contributed by atoms with E-state index in [-0.39, 0.29) is 5.91 Å². The Kier molecular flexibility index (Phi) is 4.43. The maximum atomic E-state index is 11.5. The highest BCUT2D eigenvalue weighted by Crippen LogP contribution is 2.30. The lowest BCUT2D eigenvalue weighted by Crippen LogP contribution is -2.25. The van der Waals surface area contributed by atoms with Crippen molar-refractivity contribution in [1.82, 2.24) is 0 Å². The molecule has 1 aromatic carbocycles. The minimum Gasteiger partial charge on any atom is -0.383 e. The maximum absolute atomic E-state index is 11.5. The highest BCUT2D eigenvalue weighted by Gasteiger charge is 2.22. The van der Waals surface area contributed by atoms with Crippen LogP contribution in [0.15, 0.2) is 18.2 Å². The summed E-state index contributed by atoms with van der Waals surface area (Å²) in [5, 5.41) is 3.47. The molecular weight excluding hydrogens is 240 g/mol. The van der Waals surface area contributed by atoms with Crippen LogP contribution in [0.1, 0.15) is 25.8 Å². The van der Waals surface area contributed by atoms with E-state index in [0.29, 0.717) is 12.6 Å². The van der Waals surface area contributed by atoms with Crippen LogP contribution in [0.4, 0.5) is 11.4 Å². The predicted octanol–water partition coefficient (Wildman–Crippen LogP) is 2.43. The Morgan fingerprint density at radius 2 is 2.32 bits per heavy atom. The zero-order chi connectivity index (χ0) is 13.8. The Labute approximate surface area is 114 Å². The van der Waals surface area contributed by atoms with Crippen LogP contribution in [-0.2, 0) is 16.0 Å². The van der Waals surface area contributed by atoms with E-state index in [1.807, 2.05) is 17.0 Å². The molecule has 0 saturated heterocycles. The molecule has 1 aliphatic rings. The molecule has 0 aromatic heterocycles. The Balaban J connectivity index is 2.12. The van der Waals surface area contributed by atoms with Gasteiger partial charge in [0.2, 0.25) is 5.91 Å².